The van der Waals surface area contributed by atoms with Crippen molar-refractivity contribution >= 4 is 5.97 Å². The molecule has 0 saturated heterocycles. The van der Waals surface area contributed by atoms with E-state index in [1.54, 1.807) is 0 Å². The Balaban J connectivity index is 2.26. The van der Waals surface area contributed by atoms with Crippen molar-refractivity contribution < 1.29 is 9.90 Å². The number of nitrogens with zero attached hydrogens (tertiary/aromatic N) is 1. The zero-order valence-electron chi connectivity index (χ0n) is 11.4. The lowest BCUT2D eigenvalue weighted by Gasteiger charge is -2.32. The molecule has 1 aromatic rings. The van der Waals surface area contributed by atoms with Gasteiger partial charge in [0, 0.05) is 17.4 Å². The highest BCUT2D eigenvalue weighted by Crippen LogP contribution is 2.36. The molecule has 2 rings (SSSR count). The Morgan fingerprint density at radius 1 is 1.28 bits per heavy atom. The van der Waals surface area contributed by atoms with Gasteiger partial charge in [-0.3, -0.25) is 4.79 Å². The molecular weight excluding hydrogens is 226 g/mol. The summed E-state index contributed by atoms with van der Waals surface area (Å²) < 4.78 is 2.24. The van der Waals surface area contributed by atoms with Crippen molar-refractivity contribution in [2.24, 2.45) is 5.92 Å². The Bertz CT molecular complexity index is 397. The molecule has 1 heterocycles. The standard InChI is InChI=1S/C15H23NO2/c1-11-8-9-12(2)16(11)14(10-15(17)18)13-6-4-3-5-7-13/h8-9,13-14H,3-7,10H2,1-2H3,(H,17,18). The summed E-state index contributed by atoms with van der Waals surface area (Å²) in [5.74, 6) is -0.155. The van der Waals surface area contributed by atoms with E-state index in [0.29, 0.717) is 5.92 Å². The average molecular weight is 249 g/mol. The van der Waals surface area contributed by atoms with E-state index in [0.717, 1.165) is 0 Å². The van der Waals surface area contributed by atoms with Crippen LogP contribution in [-0.4, -0.2) is 15.6 Å². The van der Waals surface area contributed by atoms with Gasteiger partial charge < -0.3 is 9.67 Å². The summed E-state index contributed by atoms with van der Waals surface area (Å²) in [6.07, 6.45) is 6.41. The third-order valence-corrected chi connectivity index (χ3v) is 4.24. The van der Waals surface area contributed by atoms with Crippen LogP contribution in [0.2, 0.25) is 0 Å². The van der Waals surface area contributed by atoms with E-state index >= 15 is 0 Å². The number of hydrogen-bond donors (Lipinski definition) is 1. The number of aromatic nitrogens is 1. The molecule has 1 saturated carbocycles. The summed E-state index contributed by atoms with van der Waals surface area (Å²) >= 11 is 0. The average Bonchev–Trinajstić information content (AvgIpc) is 2.67. The first kappa shape index (κ1) is 13.2. The van der Waals surface area contributed by atoms with Crippen LogP contribution < -0.4 is 0 Å². The van der Waals surface area contributed by atoms with Crippen molar-refractivity contribution in [2.45, 2.75) is 58.4 Å². The fourth-order valence-electron chi connectivity index (χ4n) is 3.37. The largest absolute Gasteiger partial charge is 0.481 e. The third kappa shape index (κ3) is 2.77. The second kappa shape index (κ2) is 5.59. The molecule has 0 spiro atoms. The topological polar surface area (TPSA) is 42.2 Å². The Labute approximate surface area is 109 Å². The monoisotopic (exact) mass is 249 g/mol. The van der Waals surface area contributed by atoms with Crippen LogP contribution in [-0.2, 0) is 4.79 Å². The first-order chi connectivity index (χ1) is 8.59. The fraction of sp³-hybridized carbons (Fsp3) is 0.667. The van der Waals surface area contributed by atoms with Gasteiger partial charge in [0.05, 0.1) is 6.42 Å². The van der Waals surface area contributed by atoms with E-state index in [1.165, 1.54) is 43.5 Å². The molecule has 0 aliphatic heterocycles. The molecule has 0 radical (unpaired) electrons. The smallest absolute Gasteiger partial charge is 0.305 e. The maximum Gasteiger partial charge on any atom is 0.305 e. The van der Waals surface area contributed by atoms with Gasteiger partial charge in [-0.25, -0.2) is 0 Å². The highest BCUT2D eigenvalue weighted by atomic mass is 16.4. The summed E-state index contributed by atoms with van der Waals surface area (Å²) in [5, 5.41) is 9.18. The lowest BCUT2D eigenvalue weighted by atomic mass is 9.82. The number of rotatable bonds is 4. The van der Waals surface area contributed by atoms with E-state index in [2.05, 4.69) is 30.5 Å². The van der Waals surface area contributed by atoms with Crippen molar-refractivity contribution in [3.05, 3.63) is 23.5 Å². The number of hydrogen-bond acceptors (Lipinski definition) is 1. The van der Waals surface area contributed by atoms with E-state index < -0.39 is 5.97 Å². The summed E-state index contributed by atoms with van der Waals surface area (Å²) in [4.78, 5) is 11.2. The molecule has 1 aromatic heterocycles. The third-order valence-electron chi connectivity index (χ3n) is 4.24. The van der Waals surface area contributed by atoms with Gasteiger partial charge in [-0.15, -0.1) is 0 Å². The summed E-state index contributed by atoms with van der Waals surface area (Å²) in [6, 6.07) is 4.32. The Hall–Kier alpha value is -1.25. The molecule has 1 aliphatic carbocycles. The second-order valence-corrected chi connectivity index (χ2v) is 5.55. The molecule has 0 amide bonds. The van der Waals surface area contributed by atoms with Crippen molar-refractivity contribution in [3.8, 4) is 0 Å². The predicted octanol–water partition coefficient (Wildman–Crippen LogP) is 3.70. The van der Waals surface area contributed by atoms with Crippen LogP contribution >= 0.6 is 0 Å². The molecule has 1 N–H and O–H groups in total. The number of carboxylic acid groups (broad SMARTS) is 1. The molecule has 0 aromatic carbocycles. The lowest BCUT2D eigenvalue weighted by Crippen LogP contribution is -2.25. The first-order valence-electron chi connectivity index (χ1n) is 6.96. The summed E-state index contributed by atoms with van der Waals surface area (Å²) in [5.41, 5.74) is 2.37. The van der Waals surface area contributed by atoms with Crippen LogP contribution in [0.15, 0.2) is 12.1 Å². The van der Waals surface area contributed by atoms with Crippen LogP contribution in [0.3, 0.4) is 0 Å². The van der Waals surface area contributed by atoms with Gasteiger partial charge in [0.15, 0.2) is 0 Å². The van der Waals surface area contributed by atoms with Crippen LogP contribution in [0.25, 0.3) is 0 Å². The second-order valence-electron chi connectivity index (χ2n) is 5.55. The zero-order chi connectivity index (χ0) is 13.1. The van der Waals surface area contributed by atoms with Crippen molar-refractivity contribution in [3.63, 3.8) is 0 Å². The summed E-state index contributed by atoms with van der Waals surface area (Å²) in [6.45, 7) is 4.15. The van der Waals surface area contributed by atoms with E-state index in [1.807, 2.05) is 0 Å². The molecule has 3 nitrogen and oxygen atoms in total. The Morgan fingerprint density at radius 3 is 2.33 bits per heavy atom. The van der Waals surface area contributed by atoms with Crippen LogP contribution in [0.5, 0.6) is 0 Å². The SMILES string of the molecule is Cc1ccc(C)n1C(CC(=O)O)C1CCCCC1. The van der Waals surface area contributed by atoms with Gasteiger partial charge >= 0.3 is 5.97 Å². The predicted molar refractivity (Wildman–Crippen MR) is 71.8 cm³/mol. The lowest BCUT2D eigenvalue weighted by molar-refractivity contribution is -0.138. The molecule has 100 valence electrons. The number of aryl methyl sites for hydroxylation is 2. The Kier molecular flexibility index (Phi) is 4.10. The normalized spacial score (nSPS) is 18.8. The van der Waals surface area contributed by atoms with Gasteiger partial charge in [-0.1, -0.05) is 19.3 Å². The maximum absolute atomic E-state index is 11.2. The van der Waals surface area contributed by atoms with E-state index in [4.69, 9.17) is 0 Å². The van der Waals surface area contributed by atoms with Crippen LogP contribution in [0.1, 0.15) is 56.0 Å². The molecule has 1 unspecified atom stereocenters. The zero-order valence-corrected chi connectivity index (χ0v) is 11.4. The maximum atomic E-state index is 11.2. The molecule has 0 bridgehead atoms. The molecule has 1 fully saturated rings. The van der Waals surface area contributed by atoms with E-state index in [-0.39, 0.29) is 12.5 Å². The van der Waals surface area contributed by atoms with Gasteiger partial charge in [0.1, 0.15) is 0 Å². The first-order valence-corrected chi connectivity index (χ1v) is 6.96. The molecule has 1 atom stereocenters. The molecule has 3 heteroatoms. The quantitative estimate of drug-likeness (QED) is 0.884. The highest BCUT2D eigenvalue weighted by Gasteiger charge is 2.28. The van der Waals surface area contributed by atoms with Crippen molar-refractivity contribution in [1.82, 2.24) is 4.57 Å². The summed E-state index contributed by atoms with van der Waals surface area (Å²) in [7, 11) is 0. The van der Waals surface area contributed by atoms with Gasteiger partial charge in [-0.2, -0.15) is 0 Å². The van der Waals surface area contributed by atoms with Crippen molar-refractivity contribution in [1.29, 1.82) is 0 Å². The minimum absolute atomic E-state index is 0.137. The molecule has 1 aliphatic rings. The fourth-order valence-corrected chi connectivity index (χ4v) is 3.37. The van der Waals surface area contributed by atoms with Crippen molar-refractivity contribution in [2.75, 3.05) is 0 Å². The number of aliphatic carboxylic acids is 1. The van der Waals surface area contributed by atoms with E-state index in [9.17, 15) is 9.90 Å². The van der Waals surface area contributed by atoms with Gasteiger partial charge in [0.25, 0.3) is 0 Å². The van der Waals surface area contributed by atoms with Crippen LogP contribution in [0.4, 0.5) is 0 Å². The molecular formula is C15H23NO2. The molecule has 18 heavy (non-hydrogen) atoms. The number of carbonyl (C=O) groups is 1. The van der Waals surface area contributed by atoms with Gasteiger partial charge in [0.2, 0.25) is 0 Å². The van der Waals surface area contributed by atoms with Crippen LogP contribution in [0, 0.1) is 19.8 Å². The minimum atomic E-state index is -0.682. The van der Waals surface area contributed by atoms with Gasteiger partial charge in [-0.05, 0) is 44.7 Å². The Morgan fingerprint density at radius 2 is 1.83 bits per heavy atom. The highest BCUT2D eigenvalue weighted by molar-refractivity contribution is 5.67. The minimum Gasteiger partial charge on any atom is -0.481 e. The number of carboxylic acids is 1.